The first-order chi connectivity index (χ1) is 12.9. The SMILES string of the molecule is C#CCOCCc1ccc(OCCNC(=O)c2c(Cl)c(C)nn2C)c(C)c1. The van der Waals surface area contributed by atoms with Crippen molar-refractivity contribution in [2.24, 2.45) is 7.05 Å². The molecule has 1 N–H and O–H groups in total. The van der Waals surface area contributed by atoms with Gasteiger partial charge in [0.1, 0.15) is 24.7 Å². The van der Waals surface area contributed by atoms with E-state index in [9.17, 15) is 4.79 Å². The van der Waals surface area contributed by atoms with Gasteiger partial charge in [0.2, 0.25) is 0 Å². The van der Waals surface area contributed by atoms with Crippen molar-refractivity contribution < 1.29 is 14.3 Å². The highest BCUT2D eigenvalue weighted by Gasteiger charge is 2.18. The van der Waals surface area contributed by atoms with Gasteiger partial charge in [-0.15, -0.1) is 6.42 Å². The van der Waals surface area contributed by atoms with E-state index in [4.69, 9.17) is 27.5 Å². The number of hydrogen-bond donors (Lipinski definition) is 1. The number of nitrogens with zero attached hydrogens (tertiary/aromatic N) is 2. The summed E-state index contributed by atoms with van der Waals surface area (Å²) in [6.07, 6.45) is 5.94. The molecule has 2 aromatic rings. The minimum absolute atomic E-state index is 0.272. The van der Waals surface area contributed by atoms with Gasteiger partial charge in [-0.2, -0.15) is 5.10 Å². The van der Waals surface area contributed by atoms with Gasteiger partial charge in [0.25, 0.3) is 5.91 Å². The molecular weight excluding hydrogens is 366 g/mol. The normalized spacial score (nSPS) is 10.5. The molecule has 0 saturated heterocycles. The van der Waals surface area contributed by atoms with Gasteiger partial charge in [-0.05, 0) is 37.5 Å². The Morgan fingerprint density at radius 1 is 1.37 bits per heavy atom. The Hall–Kier alpha value is -2.49. The Labute approximate surface area is 164 Å². The molecule has 27 heavy (non-hydrogen) atoms. The lowest BCUT2D eigenvalue weighted by Crippen LogP contribution is -2.30. The lowest BCUT2D eigenvalue weighted by molar-refractivity contribution is 0.0937. The van der Waals surface area contributed by atoms with E-state index in [0.717, 1.165) is 23.3 Å². The van der Waals surface area contributed by atoms with E-state index in [0.29, 0.717) is 42.8 Å². The van der Waals surface area contributed by atoms with Crippen LogP contribution in [0, 0.1) is 26.2 Å². The summed E-state index contributed by atoms with van der Waals surface area (Å²) in [7, 11) is 1.69. The third-order valence-electron chi connectivity index (χ3n) is 3.97. The van der Waals surface area contributed by atoms with Crippen LogP contribution in [-0.4, -0.2) is 42.1 Å². The number of ether oxygens (including phenoxy) is 2. The number of nitrogens with one attached hydrogen (secondary N) is 1. The zero-order valence-electron chi connectivity index (χ0n) is 15.8. The van der Waals surface area contributed by atoms with Gasteiger partial charge in [-0.25, -0.2) is 0 Å². The highest BCUT2D eigenvalue weighted by Crippen LogP contribution is 2.20. The molecule has 0 aliphatic heterocycles. The van der Waals surface area contributed by atoms with Crippen LogP contribution in [0.25, 0.3) is 0 Å². The topological polar surface area (TPSA) is 65.4 Å². The van der Waals surface area contributed by atoms with Crippen LogP contribution in [0.2, 0.25) is 5.02 Å². The predicted octanol–water partition coefficient (Wildman–Crippen LogP) is 2.69. The number of hydrogen-bond acceptors (Lipinski definition) is 4. The minimum Gasteiger partial charge on any atom is -0.491 e. The monoisotopic (exact) mass is 389 g/mol. The third kappa shape index (κ3) is 5.75. The summed E-state index contributed by atoms with van der Waals surface area (Å²) in [5.74, 6) is 2.96. The predicted molar refractivity (Wildman–Crippen MR) is 105 cm³/mol. The highest BCUT2D eigenvalue weighted by molar-refractivity contribution is 6.34. The fourth-order valence-corrected chi connectivity index (χ4v) is 2.88. The van der Waals surface area contributed by atoms with Gasteiger partial charge in [0, 0.05) is 7.05 Å². The molecule has 0 aliphatic carbocycles. The fourth-order valence-electron chi connectivity index (χ4n) is 2.64. The molecule has 144 valence electrons. The van der Waals surface area contributed by atoms with Crippen molar-refractivity contribution in [3.8, 4) is 18.1 Å². The van der Waals surface area contributed by atoms with Crippen molar-refractivity contribution in [3.05, 3.63) is 45.7 Å². The summed E-state index contributed by atoms with van der Waals surface area (Å²) in [6, 6.07) is 5.98. The van der Waals surface area contributed by atoms with Crippen LogP contribution in [0.15, 0.2) is 18.2 Å². The van der Waals surface area contributed by atoms with E-state index in [1.807, 2.05) is 19.1 Å². The number of aryl methyl sites for hydroxylation is 3. The number of carbonyl (C=O) groups is 1. The largest absolute Gasteiger partial charge is 0.491 e. The molecule has 2 rings (SSSR count). The molecule has 0 saturated carbocycles. The first-order valence-electron chi connectivity index (χ1n) is 8.65. The second kappa shape index (κ2) is 10.0. The van der Waals surface area contributed by atoms with Crippen LogP contribution in [0.1, 0.15) is 27.3 Å². The van der Waals surface area contributed by atoms with Gasteiger partial charge < -0.3 is 14.8 Å². The first-order valence-corrected chi connectivity index (χ1v) is 9.02. The van der Waals surface area contributed by atoms with E-state index < -0.39 is 0 Å². The van der Waals surface area contributed by atoms with E-state index in [1.54, 1.807) is 14.0 Å². The summed E-state index contributed by atoms with van der Waals surface area (Å²) >= 11 is 6.11. The second-order valence-electron chi connectivity index (χ2n) is 6.08. The minimum atomic E-state index is -0.272. The molecule has 0 unspecified atom stereocenters. The number of terminal acetylenes is 1. The molecule has 6 nitrogen and oxygen atoms in total. The van der Waals surface area contributed by atoms with Gasteiger partial charge >= 0.3 is 0 Å². The Kier molecular flexibility index (Phi) is 7.71. The van der Waals surface area contributed by atoms with Crippen LogP contribution in [-0.2, 0) is 18.2 Å². The van der Waals surface area contributed by atoms with Crippen molar-refractivity contribution >= 4 is 17.5 Å². The standard InChI is InChI=1S/C20H24ClN3O3/c1-5-10-26-11-8-16-6-7-17(14(2)13-16)27-12-9-22-20(25)19-18(21)15(3)23-24(19)4/h1,6-7,13H,8-12H2,2-4H3,(H,22,25). The van der Waals surface area contributed by atoms with Crippen molar-refractivity contribution in [1.82, 2.24) is 15.1 Å². The average molecular weight is 390 g/mol. The molecule has 0 fully saturated rings. The van der Waals surface area contributed by atoms with Crippen molar-refractivity contribution in [2.45, 2.75) is 20.3 Å². The Balaban J connectivity index is 1.80. The average Bonchev–Trinajstić information content (AvgIpc) is 2.89. The zero-order chi connectivity index (χ0) is 19.8. The number of aromatic nitrogens is 2. The molecule has 0 bridgehead atoms. The smallest absolute Gasteiger partial charge is 0.271 e. The van der Waals surface area contributed by atoms with Crippen molar-refractivity contribution in [2.75, 3.05) is 26.4 Å². The molecule has 1 aromatic heterocycles. The maximum Gasteiger partial charge on any atom is 0.271 e. The lowest BCUT2D eigenvalue weighted by atomic mass is 10.1. The first kappa shape index (κ1) is 20.8. The van der Waals surface area contributed by atoms with Crippen molar-refractivity contribution in [1.29, 1.82) is 0 Å². The van der Waals surface area contributed by atoms with Gasteiger partial charge in [0.15, 0.2) is 0 Å². The van der Waals surface area contributed by atoms with Crippen LogP contribution < -0.4 is 10.1 Å². The molecule has 7 heteroatoms. The molecule has 0 radical (unpaired) electrons. The molecule has 0 atom stereocenters. The highest BCUT2D eigenvalue weighted by atomic mass is 35.5. The van der Waals surface area contributed by atoms with Crippen LogP contribution in [0.3, 0.4) is 0 Å². The van der Waals surface area contributed by atoms with Crippen LogP contribution in [0.4, 0.5) is 0 Å². The van der Waals surface area contributed by atoms with E-state index >= 15 is 0 Å². The summed E-state index contributed by atoms with van der Waals surface area (Å²) < 4.78 is 12.5. The number of amides is 1. The molecule has 1 amide bonds. The number of benzene rings is 1. The van der Waals surface area contributed by atoms with Gasteiger partial charge in [-0.3, -0.25) is 9.48 Å². The Morgan fingerprint density at radius 3 is 2.78 bits per heavy atom. The molecule has 0 aliphatic rings. The number of rotatable bonds is 9. The lowest BCUT2D eigenvalue weighted by Gasteiger charge is -2.11. The number of halogens is 1. The van der Waals surface area contributed by atoms with Crippen molar-refractivity contribution in [3.63, 3.8) is 0 Å². The maximum absolute atomic E-state index is 12.2. The maximum atomic E-state index is 12.2. The van der Waals surface area contributed by atoms with Crippen LogP contribution in [0.5, 0.6) is 5.75 Å². The summed E-state index contributed by atoms with van der Waals surface area (Å²) in [6.45, 7) is 5.38. The Bertz CT molecular complexity index is 840. The third-order valence-corrected chi connectivity index (χ3v) is 4.42. The molecule has 1 aromatic carbocycles. The molecule has 1 heterocycles. The summed E-state index contributed by atoms with van der Waals surface area (Å²) in [5.41, 5.74) is 3.16. The number of carbonyl (C=O) groups excluding carboxylic acids is 1. The van der Waals surface area contributed by atoms with E-state index in [2.05, 4.69) is 22.4 Å². The zero-order valence-corrected chi connectivity index (χ0v) is 16.6. The molecule has 0 spiro atoms. The summed E-state index contributed by atoms with van der Waals surface area (Å²) in [5, 5.41) is 7.29. The fraction of sp³-hybridized carbons (Fsp3) is 0.400. The van der Waals surface area contributed by atoms with E-state index in [-0.39, 0.29) is 5.91 Å². The van der Waals surface area contributed by atoms with Crippen LogP contribution >= 0.6 is 11.6 Å². The quantitative estimate of drug-likeness (QED) is 0.529. The van der Waals surface area contributed by atoms with E-state index in [1.165, 1.54) is 4.68 Å². The summed E-state index contributed by atoms with van der Waals surface area (Å²) in [4.78, 5) is 12.2. The van der Waals surface area contributed by atoms with Gasteiger partial charge in [-0.1, -0.05) is 29.7 Å². The molecular formula is C20H24ClN3O3. The van der Waals surface area contributed by atoms with Gasteiger partial charge in [0.05, 0.1) is 23.9 Å². The second-order valence-corrected chi connectivity index (χ2v) is 6.46. The Morgan fingerprint density at radius 2 is 2.15 bits per heavy atom.